The average Bonchev–Trinajstić information content (AvgIpc) is 2.51. The Labute approximate surface area is 121 Å². The summed E-state index contributed by atoms with van der Waals surface area (Å²) in [6.07, 6.45) is 5.87. The first-order valence-corrected chi connectivity index (χ1v) is 7.71. The third-order valence-electron chi connectivity index (χ3n) is 4.30. The van der Waals surface area contributed by atoms with Gasteiger partial charge in [-0.15, -0.1) is 0 Å². The molecule has 0 aliphatic carbocycles. The van der Waals surface area contributed by atoms with Crippen molar-refractivity contribution in [3.63, 3.8) is 0 Å². The zero-order valence-electron chi connectivity index (χ0n) is 12.3. The van der Waals surface area contributed by atoms with Gasteiger partial charge in [0.2, 0.25) is 5.95 Å². The number of ether oxygens (including phenoxy) is 1. The third kappa shape index (κ3) is 3.27. The minimum atomic E-state index is 0.672. The minimum absolute atomic E-state index is 0.672. The second-order valence-electron chi connectivity index (χ2n) is 5.76. The Morgan fingerprint density at radius 1 is 1.25 bits per heavy atom. The first kappa shape index (κ1) is 13.8. The number of morpholine rings is 1. The van der Waals surface area contributed by atoms with Gasteiger partial charge in [-0.05, 0) is 32.4 Å². The van der Waals surface area contributed by atoms with Crippen LogP contribution in [0.4, 0.5) is 5.95 Å². The van der Waals surface area contributed by atoms with E-state index in [2.05, 4.69) is 21.7 Å². The van der Waals surface area contributed by atoms with E-state index in [0.717, 1.165) is 44.5 Å². The first-order valence-electron chi connectivity index (χ1n) is 7.71. The van der Waals surface area contributed by atoms with E-state index < -0.39 is 0 Å². The van der Waals surface area contributed by atoms with Crippen LogP contribution < -0.4 is 4.90 Å². The second-order valence-corrected chi connectivity index (χ2v) is 5.76. The van der Waals surface area contributed by atoms with Crippen molar-refractivity contribution >= 4 is 5.95 Å². The van der Waals surface area contributed by atoms with Crippen LogP contribution in [0.15, 0.2) is 12.3 Å². The van der Waals surface area contributed by atoms with Crippen LogP contribution in [0.1, 0.15) is 31.9 Å². The highest BCUT2D eigenvalue weighted by atomic mass is 16.5. The molecule has 0 saturated carbocycles. The van der Waals surface area contributed by atoms with Crippen molar-refractivity contribution in [2.24, 2.45) is 0 Å². The molecule has 1 aromatic rings. The summed E-state index contributed by atoms with van der Waals surface area (Å²) in [5.74, 6) is 0.857. The Hall–Kier alpha value is -1.20. The molecule has 0 radical (unpaired) electrons. The van der Waals surface area contributed by atoms with Crippen molar-refractivity contribution < 1.29 is 4.74 Å². The molecule has 20 heavy (non-hydrogen) atoms. The number of rotatable bonds is 3. The Morgan fingerprint density at radius 2 is 2.10 bits per heavy atom. The van der Waals surface area contributed by atoms with Crippen molar-refractivity contribution in [2.45, 2.75) is 38.8 Å². The quantitative estimate of drug-likeness (QED) is 0.840. The molecular formula is C15H24N4O. The normalized spacial score (nSPS) is 24.9. The Balaban J connectivity index is 1.67. The lowest BCUT2D eigenvalue weighted by Crippen LogP contribution is -2.38. The summed E-state index contributed by atoms with van der Waals surface area (Å²) in [6, 6.07) is 2.72. The highest BCUT2D eigenvalue weighted by molar-refractivity contribution is 5.30. The summed E-state index contributed by atoms with van der Waals surface area (Å²) >= 11 is 0. The van der Waals surface area contributed by atoms with Crippen LogP contribution in [0.5, 0.6) is 0 Å². The van der Waals surface area contributed by atoms with Gasteiger partial charge in [-0.1, -0.05) is 6.42 Å². The summed E-state index contributed by atoms with van der Waals surface area (Å²) < 4.78 is 5.38. The molecule has 5 heteroatoms. The van der Waals surface area contributed by atoms with Crippen molar-refractivity contribution in [3.8, 4) is 0 Å². The fourth-order valence-corrected chi connectivity index (χ4v) is 2.99. The smallest absolute Gasteiger partial charge is 0.225 e. The highest BCUT2D eigenvalue weighted by Gasteiger charge is 2.19. The number of piperidine rings is 1. The van der Waals surface area contributed by atoms with E-state index in [4.69, 9.17) is 9.72 Å². The lowest BCUT2D eigenvalue weighted by Gasteiger charge is -2.33. The van der Waals surface area contributed by atoms with Gasteiger partial charge in [0.1, 0.15) is 0 Å². The molecule has 2 aliphatic heterocycles. The van der Waals surface area contributed by atoms with Gasteiger partial charge >= 0.3 is 0 Å². The van der Waals surface area contributed by atoms with Gasteiger partial charge in [-0.2, -0.15) is 0 Å². The summed E-state index contributed by atoms with van der Waals surface area (Å²) in [4.78, 5) is 13.9. The summed E-state index contributed by atoms with van der Waals surface area (Å²) in [5.41, 5.74) is 1.13. The van der Waals surface area contributed by atoms with Crippen molar-refractivity contribution in [2.75, 3.05) is 37.7 Å². The number of hydrogen-bond donors (Lipinski definition) is 0. The molecule has 0 aromatic carbocycles. The average molecular weight is 276 g/mol. The van der Waals surface area contributed by atoms with Crippen LogP contribution >= 0.6 is 0 Å². The number of aromatic nitrogens is 2. The monoisotopic (exact) mass is 276 g/mol. The molecule has 0 N–H and O–H groups in total. The standard InChI is InChI=1S/C15H24N4O/c1-13-4-2-3-7-19(13)12-14-5-6-16-15(17-14)18-8-10-20-11-9-18/h5-6,13H,2-4,7-12H2,1H3/t13-/m1/s1. The van der Waals surface area contributed by atoms with Crippen molar-refractivity contribution in [1.82, 2.24) is 14.9 Å². The predicted octanol–water partition coefficient (Wildman–Crippen LogP) is 1.69. The van der Waals surface area contributed by atoms with E-state index in [0.29, 0.717) is 6.04 Å². The molecule has 2 saturated heterocycles. The van der Waals surface area contributed by atoms with Crippen molar-refractivity contribution in [1.29, 1.82) is 0 Å². The topological polar surface area (TPSA) is 41.5 Å². The minimum Gasteiger partial charge on any atom is -0.378 e. The first-order chi connectivity index (χ1) is 9.83. The molecule has 3 rings (SSSR count). The highest BCUT2D eigenvalue weighted by Crippen LogP contribution is 2.19. The van der Waals surface area contributed by atoms with E-state index in [1.165, 1.54) is 25.8 Å². The second kappa shape index (κ2) is 6.50. The van der Waals surface area contributed by atoms with Crippen LogP contribution in [0.25, 0.3) is 0 Å². The molecule has 2 aliphatic rings. The largest absolute Gasteiger partial charge is 0.378 e. The lowest BCUT2D eigenvalue weighted by atomic mass is 10.0. The Morgan fingerprint density at radius 3 is 2.90 bits per heavy atom. The fourth-order valence-electron chi connectivity index (χ4n) is 2.99. The molecule has 0 unspecified atom stereocenters. The molecule has 1 atom stereocenters. The zero-order chi connectivity index (χ0) is 13.8. The summed E-state index contributed by atoms with van der Waals surface area (Å²) in [5, 5.41) is 0. The summed E-state index contributed by atoms with van der Waals surface area (Å²) in [6.45, 7) is 7.79. The van der Waals surface area contributed by atoms with Gasteiger partial charge in [0.05, 0.1) is 18.9 Å². The van der Waals surface area contributed by atoms with Gasteiger partial charge in [0.25, 0.3) is 0 Å². The zero-order valence-corrected chi connectivity index (χ0v) is 12.3. The molecule has 0 bridgehead atoms. The van der Waals surface area contributed by atoms with Crippen LogP contribution in [0, 0.1) is 0 Å². The molecule has 0 spiro atoms. The SMILES string of the molecule is C[C@@H]1CCCCN1Cc1ccnc(N2CCOCC2)n1. The van der Waals surface area contributed by atoms with Gasteiger partial charge in [0.15, 0.2) is 0 Å². The molecule has 0 amide bonds. The maximum Gasteiger partial charge on any atom is 0.225 e. The number of likely N-dealkylation sites (tertiary alicyclic amines) is 1. The molecule has 5 nitrogen and oxygen atoms in total. The summed E-state index contributed by atoms with van der Waals surface area (Å²) in [7, 11) is 0. The van der Waals surface area contributed by atoms with Crippen LogP contribution in [0.2, 0.25) is 0 Å². The van der Waals surface area contributed by atoms with Crippen LogP contribution in [-0.2, 0) is 11.3 Å². The van der Waals surface area contributed by atoms with E-state index in [-0.39, 0.29) is 0 Å². The number of hydrogen-bond acceptors (Lipinski definition) is 5. The lowest BCUT2D eigenvalue weighted by molar-refractivity contribution is 0.122. The van der Waals surface area contributed by atoms with Crippen LogP contribution in [-0.4, -0.2) is 53.8 Å². The van der Waals surface area contributed by atoms with Crippen LogP contribution in [0.3, 0.4) is 0 Å². The molecular weight excluding hydrogens is 252 g/mol. The van der Waals surface area contributed by atoms with E-state index in [1.54, 1.807) is 0 Å². The Bertz CT molecular complexity index is 434. The third-order valence-corrected chi connectivity index (χ3v) is 4.30. The van der Waals surface area contributed by atoms with Gasteiger partial charge in [-0.25, -0.2) is 9.97 Å². The van der Waals surface area contributed by atoms with Crippen molar-refractivity contribution in [3.05, 3.63) is 18.0 Å². The molecule has 110 valence electrons. The fraction of sp³-hybridized carbons (Fsp3) is 0.733. The molecule has 1 aromatic heterocycles. The van der Waals surface area contributed by atoms with E-state index in [9.17, 15) is 0 Å². The number of nitrogens with zero attached hydrogens (tertiary/aromatic N) is 4. The van der Waals surface area contributed by atoms with Gasteiger partial charge in [0, 0.05) is 31.9 Å². The molecule has 2 fully saturated rings. The maximum atomic E-state index is 5.38. The van der Waals surface area contributed by atoms with E-state index >= 15 is 0 Å². The Kier molecular flexibility index (Phi) is 4.47. The van der Waals surface area contributed by atoms with Gasteiger partial charge < -0.3 is 9.64 Å². The number of anilines is 1. The maximum absolute atomic E-state index is 5.38. The van der Waals surface area contributed by atoms with Gasteiger partial charge in [-0.3, -0.25) is 4.90 Å². The predicted molar refractivity (Wildman–Crippen MR) is 78.8 cm³/mol. The van der Waals surface area contributed by atoms with E-state index in [1.807, 2.05) is 12.3 Å². The molecule has 3 heterocycles.